The second-order valence-corrected chi connectivity index (χ2v) is 6.01. The van der Waals surface area contributed by atoms with E-state index in [9.17, 15) is 4.79 Å². The maximum Gasteiger partial charge on any atom is 0.178 e. The van der Waals surface area contributed by atoms with Crippen molar-refractivity contribution < 1.29 is 9.53 Å². The molecule has 1 unspecified atom stereocenters. The van der Waals surface area contributed by atoms with Crippen LogP contribution in [0.5, 0.6) is 5.75 Å². The van der Waals surface area contributed by atoms with Crippen LogP contribution < -0.4 is 4.74 Å². The third kappa shape index (κ3) is 2.01. The summed E-state index contributed by atoms with van der Waals surface area (Å²) in [5.74, 6) is 0.987. The van der Waals surface area contributed by atoms with Crippen molar-refractivity contribution in [3.05, 3.63) is 28.2 Å². The lowest BCUT2D eigenvalue weighted by Crippen LogP contribution is -2.35. The molecular weight excluding hydrogens is 268 g/mol. The van der Waals surface area contributed by atoms with Crippen LogP contribution in [-0.2, 0) is 11.2 Å². The van der Waals surface area contributed by atoms with Crippen molar-refractivity contribution in [3.8, 4) is 5.75 Å². The van der Waals surface area contributed by atoms with Crippen LogP contribution in [0.2, 0.25) is 0 Å². The van der Waals surface area contributed by atoms with Gasteiger partial charge in [0.25, 0.3) is 0 Å². The second-order valence-electron chi connectivity index (χ2n) is 5.15. The molecule has 0 saturated carbocycles. The highest BCUT2D eigenvalue weighted by Crippen LogP contribution is 2.37. The highest BCUT2D eigenvalue weighted by Gasteiger charge is 2.36. The van der Waals surface area contributed by atoms with Gasteiger partial charge in [-0.3, -0.25) is 4.79 Å². The Kier molecular flexibility index (Phi) is 2.82. The Labute approximate surface area is 104 Å². The number of ketones is 1. The van der Waals surface area contributed by atoms with Crippen LogP contribution >= 0.6 is 15.9 Å². The van der Waals surface area contributed by atoms with E-state index >= 15 is 0 Å². The molecule has 1 aliphatic heterocycles. The normalized spacial score (nSPS) is 19.1. The summed E-state index contributed by atoms with van der Waals surface area (Å²) in [6, 6.07) is 5.91. The van der Waals surface area contributed by atoms with Gasteiger partial charge in [0.15, 0.2) is 11.9 Å². The summed E-state index contributed by atoms with van der Waals surface area (Å²) < 4.78 is 6.65. The first-order valence-corrected chi connectivity index (χ1v) is 6.17. The lowest BCUT2D eigenvalue weighted by molar-refractivity contribution is -0.132. The van der Waals surface area contributed by atoms with Gasteiger partial charge in [-0.2, -0.15) is 0 Å². The average molecular weight is 283 g/mol. The van der Waals surface area contributed by atoms with Crippen molar-refractivity contribution in [1.29, 1.82) is 0 Å². The van der Waals surface area contributed by atoms with Crippen LogP contribution in [0.4, 0.5) is 0 Å². The molecule has 0 spiro atoms. The highest BCUT2D eigenvalue weighted by molar-refractivity contribution is 9.10. The van der Waals surface area contributed by atoms with E-state index in [-0.39, 0.29) is 17.3 Å². The van der Waals surface area contributed by atoms with E-state index < -0.39 is 0 Å². The number of Topliss-reactive ketones (excluding diaryl/α,β-unsaturated/α-hetero) is 1. The molecule has 1 aliphatic rings. The first-order valence-electron chi connectivity index (χ1n) is 5.38. The van der Waals surface area contributed by atoms with Gasteiger partial charge in [-0.25, -0.2) is 0 Å². The molecule has 2 rings (SSSR count). The van der Waals surface area contributed by atoms with Crippen molar-refractivity contribution in [2.75, 3.05) is 0 Å². The van der Waals surface area contributed by atoms with Gasteiger partial charge in [0.05, 0.1) is 4.47 Å². The number of fused-ring (bicyclic) bond motifs is 1. The summed E-state index contributed by atoms with van der Waals surface area (Å²) in [7, 11) is 0. The highest BCUT2D eigenvalue weighted by atomic mass is 79.9. The monoisotopic (exact) mass is 282 g/mol. The summed E-state index contributed by atoms with van der Waals surface area (Å²) in [6.07, 6.45) is 0.360. The Morgan fingerprint density at radius 2 is 2.12 bits per heavy atom. The van der Waals surface area contributed by atoms with Gasteiger partial charge in [0.1, 0.15) is 5.75 Å². The molecule has 1 aromatic rings. The number of hydrogen-bond donors (Lipinski definition) is 0. The fraction of sp³-hybridized carbons (Fsp3) is 0.462. The smallest absolute Gasteiger partial charge is 0.178 e. The number of carbonyl (C=O) groups is 1. The minimum absolute atomic E-state index is 0.163. The summed E-state index contributed by atoms with van der Waals surface area (Å²) in [5, 5.41) is 0. The number of benzene rings is 1. The fourth-order valence-electron chi connectivity index (χ4n) is 1.86. The number of rotatable bonds is 1. The van der Waals surface area contributed by atoms with Gasteiger partial charge >= 0.3 is 0 Å². The predicted molar refractivity (Wildman–Crippen MR) is 66.7 cm³/mol. The Morgan fingerprint density at radius 3 is 2.69 bits per heavy atom. The molecule has 0 aliphatic carbocycles. The summed E-state index contributed by atoms with van der Waals surface area (Å²) >= 11 is 3.44. The van der Waals surface area contributed by atoms with Crippen molar-refractivity contribution >= 4 is 21.7 Å². The molecule has 0 radical (unpaired) electrons. The first-order chi connectivity index (χ1) is 7.39. The fourth-order valence-corrected chi connectivity index (χ4v) is 2.36. The minimum atomic E-state index is -0.348. The second kappa shape index (κ2) is 3.88. The van der Waals surface area contributed by atoms with E-state index in [0.717, 1.165) is 15.8 Å². The molecular formula is C13H15BrO2. The molecule has 0 fully saturated rings. The molecule has 86 valence electrons. The number of ether oxygens (including phenoxy) is 1. The third-order valence-corrected chi connectivity index (χ3v) is 3.37. The van der Waals surface area contributed by atoms with Gasteiger partial charge in [-0.05, 0) is 27.6 Å². The molecule has 0 amide bonds. The third-order valence-electron chi connectivity index (χ3n) is 2.75. The van der Waals surface area contributed by atoms with Gasteiger partial charge < -0.3 is 4.74 Å². The number of halogens is 1. The molecule has 1 atom stereocenters. The van der Waals surface area contributed by atoms with E-state index in [1.54, 1.807) is 0 Å². The lowest BCUT2D eigenvalue weighted by atomic mass is 9.86. The molecule has 0 bridgehead atoms. The number of para-hydroxylation sites is 1. The summed E-state index contributed by atoms with van der Waals surface area (Å²) in [6.45, 7) is 5.78. The minimum Gasteiger partial charge on any atom is -0.481 e. The molecule has 2 nitrogen and oxygen atoms in total. The van der Waals surface area contributed by atoms with Gasteiger partial charge in [0.2, 0.25) is 0 Å². The lowest BCUT2D eigenvalue weighted by Gasteiger charge is -2.21. The zero-order valence-corrected chi connectivity index (χ0v) is 11.3. The van der Waals surface area contributed by atoms with Crippen LogP contribution in [0.25, 0.3) is 0 Å². The van der Waals surface area contributed by atoms with Crippen molar-refractivity contribution in [2.45, 2.75) is 33.3 Å². The van der Waals surface area contributed by atoms with Crippen LogP contribution in [0, 0.1) is 5.41 Å². The van der Waals surface area contributed by atoms with Crippen molar-refractivity contribution in [3.63, 3.8) is 0 Å². The molecule has 1 aromatic carbocycles. The number of hydrogen-bond acceptors (Lipinski definition) is 2. The molecule has 0 aromatic heterocycles. The van der Waals surface area contributed by atoms with E-state index in [4.69, 9.17) is 4.74 Å². The van der Waals surface area contributed by atoms with E-state index in [0.29, 0.717) is 6.42 Å². The van der Waals surface area contributed by atoms with Crippen molar-refractivity contribution in [2.24, 2.45) is 5.41 Å². The van der Waals surface area contributed by atoms with Gasteiger partial charge in [-0.1, -0.05) is 32.9 Å². The maximum absolute atomic E-state index is 12.1. The van der Waals surface area contributed by atoms with Gasteiger partial charge in [-0.15, -0.1) is 0 Å². The van der Waals surface area contributed by atoms with E-state index in [1.165, 1.54) is 0 Å². The topological polar surface area (TPSA) is 26.3 Å². The molecule has 1 heterocycles. The molecule has 3 heteroatoms. The first kappa shape index (κ1) is 11.6. The Hall–Kier alpha value is -0.830. The Balaban J connectivity index is 2.24. The SMILES string of the molecule is CC(C)(C)C(=O)C1Cc2cccc(Br)c2O1. The Bertz CT molecular complexity index is 432. The maximum atomic E-state index is 12.1. The van der Waals surface area contributed by atoms with Crippen LogP contribution in [0.15, 0.2) is 22.7 Å². The Morgan fingerprint density at radius 1 is 1.44 bits per heavy atom. The van der Waals surface area contributed by atoms with Crippen molar-refractivity contribution in [1.82, 2.24) is 0 Å². The number of carbonyl (C=O) groups excluding carboxylic acids is 1. The van der Waals surface area contributed by atoms with Gasteiger partial charge in [0, 0.05) is 11.8 Å². The zero-order valence-electron chi connectivity index (χ0n) is 9.71. The average Bonchev–Trinajstić information content (AvgIpc) is 2.60. The largest absolute Gasteiger partial charge is 0.481 e. The molecule has 0 saturated heterocycles. The predicted octanol–water partition coefficient (Wildman–Crippen LogP) is 3.37. The van der Waals surface area contributed by atoms with Crippen LogP contribution in [0.3, 0.4) is 0 Å². The molecule has 16 heavy (non-hydrogen) atoms. The summed E-state index contributed by atoms with van der Waals surface area (Å²) in [5.41, 5.74) is 0.760. The quantitative estimate of drug-likeness (QED) is 0.790. The van der Waals surface area contributed by atoms with E-state index in [1.807, 2.05) is 39.0 Å². The van der Waals surface area contributed by atoms with Crippen LogP contribution in [0.1, 0.15) is 26.3 Å². The molecule has 0 N–H and O–H groups in total. The summed E-state index contributed by atoms with van der Waals surface area (Å²) in [4.78, 5) is 12.1. The standard InChI is InChI=1S/C13H15BrO2/c1-13(2,3)12(15)10-7-8-5-4-6-9(14)11(8)16-10/h4-6,10H,7H2,1-3H3. The van der Waals surface area contributed by atoms with Crippen LogP contribution in [-0.4, -0.2) is 11.9 Å². The van der Waals surface area contributed by atoms with E-state index in [2.05, 4.69) is 15.9 Å². The zero-order chi connectivity index (χ0) is 11.9.